The van der Waals surface area contributed by atoms with Gasteiger partial charge >= 0.3 is 0 Å². The molecule has 0 bridgehead atoms. The first-order chi connectivity index (χ1) is 9.74. The Morgan fingerprint density at radius 2 is 2.00 bits per heavy atom. The lowest BCUT2D eigenvalue weighted by Gasteiger charge is -2.06. The van der Waals surface area contributed by atoms with Crippen LogP contribution in [0.15, 0.2) is 34.2 Å². The highest BCUT2D eigenvalue weighted by molar-refractivity contribution is 7.99. The van der Waals surface area contributed by atoms with Gasteiger partial charge in [0.25, 0.3) is 0 Å². The van der Waals surface area contributed by atoms with Crippen molar-refractivity contribution in [3.8, 4) is 0 Å². The van der Waals surface area contributed by atoms with Gasteiger partial charge < -0.3 is 5.73 Å². The lowest BCUT2D eigenvalue weighted by Crippen LogP contribution is -2.00. The standard InChI is InChI=1S/C16H19N3S/c1-2-4-15-18-14(17)10-16(19-15)20-13-8-7-11-5-3-6-12(11)9-13/h7-10H,2-6H2,1H3,(H2,17,18,19). The molecule has 104 valence electrons. The summed E-state index contributed by atoms with van der Waals surface area (Å²) in [6, 6.07) is 8.59. The quantitative estimate of drug-likeness (QED) is 0.871. The maximum Gasteiger partial charge on any atom is 0.132 e. The van der Waals surface area contributed by atoms with Gasteiger partial charge in [-0.15, -0.1) is 0 Å². The van der Waals surface area contributed by atoms with Gasteiger partial charge in [-0.3, -0.25) is 0 Å². The van der Waals surface area contributed by atoms with Crippen LogP contribution in [-0.2, 0) is 19.3 Å². The fraction of sp³-hybridized carbons (Fsp3) is 0.375. The average molecular weight is 285 g/mol. The lowest BCUT2D eigenvalue weighted by atomic mass is 10.1. The number of anilines is 1. The van der Waals surface area contributed by atoms with Crippen molar-refractivity contribution >= 4 is 17.6 Å². The van der Waals surface area contributed by atoms with Crippen molar-refractivity contribution in [1.29, 1.82) is 0 Å². The molecule has 2 N–H and O–H groups in total. The van der Waals surface area contributed by atoms with Crippen LogP contribution in [0.3, 0.4) is 0 Å². The van der Waals surface area contributed by atoms with Crippen molar-refractivity contribution in [3.63, 3.8) is 0 Å². The second kappa shape index (κ2) is 5.83. The summed E-state index contributed by atoms with van der Waals surface area (Å²) in [7, 11) is 0. The Hall–Kier alpha value is -1.55. The molecule has 0 radical (unpaired) electrons. The first-order valence-corrected chi connectivity index (χ1v) is 7.99. The highest BCUT2D eigenvalue weighted by Crippen LogP contribution is 2.31. The molecule has 1 heterocycles. The van der Waals surface area contributed by atoms with Crippen molar-refractivity contribution in [1.82, 2.24) is 9.97 Å². The number of aromatic nitrogens is 2. The molecule has 20 heavy (non-hydrogen) atoms. The molecule has 1 aliphatic carbocycles. The van der Waals surface area contributed by atoms with E-state index in [1.165, 1.54) is 35.3 Å². The minimum Gasteiger partial charge on any atom is -0.384 e. The number of fused-ring (bicyclic) bond motifs is 1. The monoisotopic (exact) mass is 285 g/mol. The molecule has 1 aromatic carbocycles. The van der Waals surface area contributed by atoms with E-state index in [9.17, 15) is 0 Å². The van der Waals surface area contributed by atoms with Crippen LogP contribution in [0.5, 0.6) is 0 Å². The molecule has 2 aromatic rings. The zero-order valence-corrected chi connectivity index (χ0v) is 12.5. The highest BCUT2D eigenvalue weighted by atomic mass is 32.2. The second-order valence-corrected chi connectivity index (χ2v) is 6.28. The number of aryl methyl sites for hydroxylation is 3. The van der Waals surface area contributed by atoms with Crippen molar-refractivity contribution in [2.24, 2.45) is 0 Å². The van der Waals surface area contributed by atoms with Gasteiger partial charge in [-0.1, -0.05) is 24.8 Å². The normalized spacial score (nSPS) is 13.4. The van der Waals surface area contributed by atoms with Crippen LogP contribution in [0.1, 0.15) is 36.7 Å². The van der Waals surface area contributed by atoms with Gasteiger partial charge in [-0.2, -0.15) is 0 Å². The van der Waals surface area contributed by atoms with Crippen LogP contribution in [0.4, 0.5) is 5.82 Å². The summed E-state index contributed by atoms with van der Waals surface area (Å²) in [5.74, 6) is 1.41. The van der Waals surface area contributed by atoms with E-state index in [1.54, 1.807) is 11.8 Å². The Kier molecular flexibility index (Phi) is 3.92. The fourth-order valence-electron chi connectivity index (χ4n) is 2.61. The largest absolute Gasteiger partial charge is 0.384 e. The maximum absolute atomic E-state index is 5.87. The number of rotatable bonds is 4. The molecule has 1 aliphatic rings. The van der Waals surface area contributed by atoms with Gasteiger partial charge in [-0.05, 0) is 48.9 Å². The number of nitrogens with zero attached hydrogens (tertiary/aromatic N) is 2. The smallest absolute Gasteiger partial charge is 0.132 e. The third kappa shape index (κ3) is 2.96. The van der Waals surface area contributed by atoms with E-state index in [0.29, 0.717) is 5.82 Å². The van der Waals surface area contributed by atoms with E-state index in [-0.39, 0.29) is 0 Å². The maximum atomic E-state index is 5.87. The summed E-state index contributed by atoms with van der Waals surface area (Å²) in [4.78, 5) is 10.1. The minimum atomic E-state index is 0.562. The topological polar surface area (TPSA) is 51.8 Å². The molecule has 0 spiro atoms. The van der Waals surface area contributed by atoms with Gasteiger partial charge in [0.15, 0.2) is 0 Å². The second-order valence-electron chi connectivity index (χ2n) is 5.18. The molecule has 1 aromatic heterocycles. The highest BCUT2D eigenvalue weighted by Gasteiger charge is 2.12. The van der Waals surface area contributed by atoms with Gasteiger partial charge in [-0.25, -0.2) is 9.97 Å². The molecule has 0 aliphatic heterocycles. The molecule has 0 amide bonds. The van der Waals surface area contributed by atoms with Crippen molar-refractivity contribution in [2.75, 3.05) is 5.73 Å². The summed E-state index contributed by atoms with van der Waals surface area (Å²) in [5, 5.41) is 0.943. The summed E-state index contributed by atoms with van der Waals surface area (Å²) in [6.45, 7) is 2.12. The molecule has 0 saturated carbocycles. The Balaban J connectivity index is 1.83. The first kappa shape index (κ1) is 13.4. The molecule has 3 nitrogen and oxygen atoms in total. The van der Waals surface area contributed by atoms with Crippen LogP contribution in [-0.4, -0.2) is 9.97 Å². The van der Waals surface area contributed by atoms with Crippen molar-refractivity contribution in [3.05, 3.63) is 41.2 Å². The van der Waals surface area contributed by atoms with Crippen LogP contribution in [0.25, 0.3) is 0 Å². The SMILES string of the molecule is CCCc1nc(N)cc(Sc2ccc3c(c2)CCC3)n1. The Labute approximate surface area is 124 Å². The Morgan fingerprint density at radius 3 is 2.85 bits per heavy atom. The predicted molar refractivity (Wildman–Crippen MR) is 83.0 cm³/mol. The van der Waals surface area contributed by atoms with Crippen molar-refractivity contribution in [2.45, 2.75) is 48.9 Å². The molecular weight excluding hydrogens is 266 g/mol. The Morgan fingerprint density at radius 1 is 1.15 bits per heavy atom. The summed E-state index contributed by atoms with van der Waals surface area (Å²) in [6.07, 6.45) is 5.62. The third-order valence-corrected chi connectivity index (χ3v) is 4.44. The fourth-order valence-corrected chi connectivity index (χ4v) is 3.52. The van der Waals surface area contributed by atoms with E-state index >= 15 is 0 Å². The molecule has 0 unspecified atom stereocenters. The van der Waals surface area contributed by atoms with E-state index in [4.69, 9.17) is 5.73 Å². The number of benzene rings is 1. The minimum absolute atomic E-state index is 0.562. The van der Waals surface area contributed by atoms with E-state index in [0.717, 1.165) is 23.7 Å². The number of hydrogen-bond acceptors (Lipinski definition) is 4. The number of nitrogens with two attached hydrogens (primary N) is 1. The molecule has 4 heteroatoms. The first-order valence-electron chi connectivity index (χ1n) is 7.17. The van der Waals surface area contributed by atoms with Crippen molar-refractivity contribution < 1.29 is 0 Å². The molecular formula is C16H19N3S. The summed E-state index contributed by atoms with van der Waals surface area (Å²) < 4.78 is 0. The van der Waals surface area contributed by atoms with Crippen LogP contribution in [0.2, 0.25) is 0 Å². The Bertz CT molecular complexity index is 625. The molecule has 0 fully saturated rings. The van der Waals surface area contributed by atoms with Crippen LogP contribution in [0, 0.1) is 0 Å². The molecule has 0 saturated heterocycles. The number of hydrogen-bond donors (Lipinski definition) is 1. The average Bonchev–Trinajstić information content (AvgIpc) is 2.85. The van der Waals surface area contributed by atoms with Crippen LogP contribution >= 0.6 is 11.8 Å². The van der Waals surface area contributed by atoms with E-state index < -0.39 is 0 Å². The van der Waals surface area contributed by atoms with Gasteiger partial charge in [0.05, 0.1) is 0 Å². The zero-order valence-electron chi connectivity index (χ0n) is 11.7. The molecule has 3 rings (SSSR count). The summed E-state index contributed by atoms with van der Waals surface area (Å²) >= 11 is 1.68. The molecule has 0 atom stereocenters. The van der Waals surface area contributed by atoms with Gasteiger partial charge in [0.1, 0.15) is 16.7 Å². The van der Waals surface area contributed by atoms with Crippen LogP contribution < -0.4 is 5.73 Å². The predicted octanol–water partition coefficient (Wildman–Crippen LogP) is 3.65. The lowest BCUT2D eigenvalue weighted by molar-refractivity contribution is 0.813. The zero-order chi connectivity index (χ0) is 13.9. The van der Waals surface area contributed by atoms with E-state index in [2.05, 4.69) is 35.1 Å². The van der Waals surface area contributed by atoms with Gasteiger partial charge in [0, 0.05) is 17.4 Å². The summed E-state index contributed by atoms with van der Waals surface area (Å²) in [5.41, 5.74) is 8.86. The van der Waals surface area contributed by atoms with E-state index in [1.807, 2.05) is 6.07 Å². The number of nitrogen functional groups attached to an aromatic ring is 1. The van der Waals surface area contributed by atoms with Gasteiger partial charge in [0.2, 0.25) is 0 Å². The third-order valence-electron chi connectivity index (χ3n) is 3.53.